The van der Waals surface area contributed by atoms with Gasteiger partial charge in [0.1, 0.15) is 31.0 Å². The van der Waals surface area contributed by atoms with E-state index in [1.165, 1.54) is 12.2 Å². The van der Waals surface area contributed by atoms with Crippen molar-refractivity contribution in [1.29, 1.82) is 0 Å². The third kappa shape index (κ3) is 5.10. The van der Waals surface area contributed by atoms with E-state index in [1.54, 1.807) is 10.9 Å². The number of aromatic nitrogens is 4. The van der Waals surface area contributed by atoms with Crippen molar-refractivity contribution in [2.75, 3.05) is 26.0 Å². The number of nitrogens with one attached hydrogen (secondary N) is 1. The van der Waals surface area contributed by atoms with Crippen LogP contribution in [-0.4, -0.2) is 57.3 Å². The molecule has 0 fully saturated rings. The molecule has 0 atom stereocenters. The monoisotopic (exact) mass is 543 g/mol. The van der Waals surface area contributed by atoms with Gasteiger partial charge in [0, 0.05) is 53.8 Å². The molecule has 0 bridgehead atoms. The second-order valence-corrected chi connectivity index (χ2v) is 9.43. The zero-order valence-electron chi connectivity index (χ0n) is 21.5. The molecule has 0 saturated heterocycles. The first kappa shape index (κ1) is 26.1. The maximum absolute atomic E-state index is 11.8. The molecule has 11 heteroatoms. The number of benzene rings is 3. The molecule has 2 aromatic carbocycles. The van der Waals surface area contributed by atoms with E-state index in [2.05, 4.69) is 27.8 Å². The fraction of sp³-hybridized carbons (Fsp3) is 0.214. The molecule has 3 aliphatic rings. The third-order valence-electron chi connectivity index (χ3n) is 6.58. The van der Waals surface area contributed by atoms with E-state index < -0.39 is 0 Å². The van der Waals surface area contributed by atoms with Crippen molar-refractivity contribution in [1.82, 2.24) is 29.5 Å². The molecule has 0 radical (unpaired) electrons. The van der Waals surface area contributed by atoms with Gasteiger partial charge in [-0.1, -0.05) is 29.5 Å². The molecular weight excluding hydrogens is 518 g/mol. The summed E-state index contributed by atoms with van der Waals surface area (Å²) in [5, 5.41) is 14.9. The molecule has 1 N–H and O–H groups in total. The van der Waals surface area contributed by atoms with Crippen molar-refractivity contribution in [3.05, 3.63) is 77.9 Å². The molecular formula is C28H26ClN7O3. The van der Waals surface area contributed by atoms with Gasteiger partial charge in [-0.25, -0.2) is 9.56 Å². The highest BCUT2D eigenvalue weighted by atomic mass is 35.5. The summed E-state index contributed by atoms with van der Waals surface area (Å²) in [4.78, 5) is 29.6. The predicted octanol–water partition coefficient (Wildman–Crippen LogP) is -0.360. The van der Waals surface area contributed by atoms with Crippen molar-refractivity contribution in [3.8, 4) is 11.5 Å². The number of carbonyl (C=O) groups is 2. The molecule has 3 heterocycles. The Balaban J connectivity index is 0.00000308. The van der Waals surface area contributed by atoms with Crippen LogP contribution in [0.25, 0.3) is 33.3 Å². The minimum atomic E-state index is -0.329. The number of amides is 2. The maximum Gasteiger partial charge on any atom is 0.253 e. The minimum Gasteiger partial charge on any atom is -1.00 e. The lowest BCUT2D eigenvalue weighted by Crippen LogP contribution is -3.00. The van der Waals surface area contributed by atoms with Crippen LogP contribution >= 0.6 is 0 Å². The molecule has 0 unspecified atom stereocenters. The summed E-state index contributed by atoms with van der Waals surface area (Å²) in [6.45, 7) is 1.45. The van der Waals surface area contributed by atoms with Gasteiger partial charge in [-0.2, -0.15) is 0 Å². The van der Waals surface area contributed by atoms with E-state index in [0.717, 1.165) is 55.7 Å². The fourth-order valence-electron chi connectivity index (χ4n) is 4.60. The molecule has 0 spiro atoms. The number of imide groups is 1. The normalized spacial score (nSPS) is 13.0. The lowest BCUT2D eigenvalue weighted by molar-refractivity contribution is -0.137. The van der Waals surface area contributed by atoms with E-state index in [1.807, 2.05) is 55.1 Å². The van der Waals surface area contributed by atoms with E-state index in [-0.39, 0.29) is 30.8 Å². The Morgan fingerprint density at radius 2 is 1.77 bits per heavy atom. The lowest BCUT2D eigenvalue weighted by Gasteiger charge is -2.13. The van der Waals surface area contributed by atoms with Crippen LogP contribution < -0.4 is 27.7 Å². The number of nitrogens with zero attached hydrogens (tertiary/aromatic N) is 6. The summed E-state index contributed by atoms with van der Waals surface area (Å²) >= 11 is 0. The first-order chi connectivity index (χ1) is 18.5. The molecule has 3 aromatic rings. The first-order valence-corrected chi connectivity index (χ1v) is 12.4. The Morgan fingerprint density at radius 1 is 1.00 bits per heavy atom. The minimum absolute atomic E-state index is 0. The van der Waals surface area contributed by atoms with E-state index in [9.17, 15) is 9.59 Å². The van der Waals surface area contributed by atoms with Gasteiger partial charge in [-0.3, -0.25) is 19.2 Å². The number of hydrogen-bond donors (Lipinski definition) is 1. The average Bonchev–Trinajstić information content (AvgIpc) is 3.51. The smallest absolute Gasteiger partial charge is 0.253 e. The number of fused-ring (bicyclic) bond motifs is 4. The van der Waals surface area contributed by atoms with Crippen LogP contribution in [0.5, 0.6) is 0 Å². The van der Waals surface area contributed by atoms with Crippen LogP contribution in [0.4, 0.5) is 5.69 Å². The molecule has 39 heavy (non-hydrogen) atoms. The van der Waals surface area contributed by atoms with E-state index in [0.29, 0.717) is 18.8 Å². The van der Waals surface area contributed by atoms with Crippen LogP contribution in [0.3, 0.4) is 0 Å². The predicted molar refractivity (Wildman–Crippen MR) is 143 cm³/mol. The van der Waals surface area contributed by atoms with Crippen molar-refractivity contribution in [3.63, 3.8) is 0 Å². The SMILES string of the molecule is C[N+](C)=c1ccc2nc3c(cc(NCCCn4cc(CN5C(=O)C=CC5=O)nn4)c4ccccc43)oc-2c1.[Cl-]. The third-order valence-corrected chi connectivity index (χ3v) is 6.58. The zero-order valence-corrected chi connectivity index (χ0v) is 22.2. The van der Waals surface area contributed by atoms with Gasteiger partial charge in [0.05, 0.1) is 18.8 Å². The van der Waals surface area contributed by atoms with Gasteiger partial charge in [0.25, 0.3) is 11.8 Å². The number of halogens is 1. The summed E-state index contributed by atoms with van der Waals surface area (Å²) in [5.74, 6) is 0.0777. The second-order valence-electron chi connectivity index (χ2n) is 9.43. The van der Waals surface area contributed by atoms with Crippen molar-refractivity contribution < 1.29 is 26.4 Å². The summed E-state index contributed by atoms with van der Waals surface area (Å²) in [6, 6.07) is 16.2. The maximum atomic E-state index is 11.8. The van der Waals surface area contributed by atoms with E-state index in [4.69, 9.17) is 9.40 Å². The topological polar surface area (TPSA) is 109 Å². The number of carbonyl (C=O) groups excluding carboxylic acids is 2. The van der Waals surface area contributed by atoms with Gasteiger partial charge in [0.15, 0.2) is 11.3 Å². The van der Waals surface area contributed by atoms with Crippen molar-refractivity contribution in [2.45, 2.75) is 19.5 Å². The standard InChI is InChI=1S/C28H25N7O3.ClH/c1-33(2)19-8-9-22-24(14-19)38-25-15-23(20-6-3-4-7-21(20)28(25)30-22)29-12-5-13-34-16-18(31-32-34)17-35-26(36)10-11-27(35)37;/h3-4,6-11,14-16H,5,12-13,17H2,1-2H3;1H. The van der Waals surface area contributed by atoms with Gasteiger partial charge < -0.3 is 22.1 Å². The molecule has 10 nitrogen and oxygen atoms in total. The molecule has 1 aromatic heterocycles. The van der Waals surface area contributed by atoms with Crippen molar-refractivity contribution >= 4 is 39.4 Å². The van der Waals surface area contributed by atoms with Crippen LogP contribution in [0.2, 0.25) is 0 Å². The average molecular weight is 544 g/mol. The highest BCUT2D eigenvalue weighted by Gasteiger charge is 2.24. The molecule has 2 amide bonds. The lowest BCUT2D eigenvalue weighted by atomic mass is 10.1. The van der Waals surface area contributed by atoms with Crippen LogP contribution in [0, 0.1) is 0 Å². The van der Waals surface area contributed by atoms with Gasteiger partial charge in [-0.05, 0) is 12.5 Å². The largest absolute Gasteiger partial charge is 1.00 e. The number of aryl methyl sites for hydroxylation is 1. The molecule has 198 valence electrons. The highest BCUT2D eigenvalue weighted by molar-refractivity contribution is 6.12. The summed E-state index contributed by atoms with van der Waals surface area (Å²) in [6.07, 6.45) is 5.09. The van der Waals surface area contributed by atoms with Gasteiger partial charge >= 0.3 is 0 Å². The molecule has 2 aliphatic heterocycles. The molecule has 6 rings (SSSR count). The second kappa shape index (κ2) is 10.7. The number of hydrogen-bond acceptors (Lipinski definition) is 7. The number of rotatable bonds is 7. The Kier molecular flexibility index (Phi) is 7.12. The Morgan fingerprint density at radius 3 is 2.54 bits per heavy atom. The quantitative estimate of drug-likeness (QED) is 0.0981. The van der Waals surface area contributed by atoms with Crippen molar-refractivity contribution in [2.24, 2.45) is 0 Å². The van der Waals surface area contributed by atoms with Gasteiger partial charge in [-0.15, -0.1) is 5.10 Å². The summed E-state index contributed by atoms with van der Waals surface area (Å²) < 4.78 is 10.1. The van der Waals surface area contributed by atoms with Crippen LogP contribution in [0.1, 0.15) is 12.1 Å². The zero-order chi connectivity index (χ0) is 26.2. The number of anilines is 1. The van der Waals surface area contributed by atoms with E-state index >= 15 is 0 Å². The fourth-order valence-corrected chi connectivity index (χ4v) is 4.60. The van der Waals surface area contributed by atoms with Crippen LogP contribution in [0.15, 0.2) is 71.3 Å². The summed E-state index contributed by atoms with van der Waals surface area (Å²) in [5.41, 5.74) is 3.91. The highest BCUT2D eigenvalue weighted by Crippen LogP contribution is 2.34. The molecule has 1 aliphatic carbocycles. The van der Waals surface area contributed by atoms with Gasteiger partial charge in [0.2, 0.25) is 5.36 Å². The Hall–Kier alpha value is -4.57. The first-order valence-electron chi connectivity index (χ1n) is 12.4. The van der Waals surface area contributed by atoms with Crippen LogP contribution in [-0.2, 0) is 22.7 Å². The molecule has 0 saturated carbocycles. The Bertz CT molecular complexity index is 1770. The summed E-state index contributed by atoms with van der Waals surface area (Å²) in [7, 11) is 4.00. The Labute approximate surface area is 230 Å².